The molecule has 4 aromatic carbocycles. The molecule has 0 spiro atoms. The third-order valence-electron chi connectivity index (χ3n) is 6.45. The van der Waals surface area contributed by atoms with E-state index in [1.54, 1.807) is 6.07 Å². The smallest absolute Gasteiger partial charge is 0.418 e. The van der Waals surface area contributed by atoms with Crippen molar-refractivity contribution in [2.75, 3.05) is 0 Å². The van der Waals surface area contributed by atoms with Crippen LogP contribution >= 0.6 is 0 Å². The third-order valence-corrected chi connectivity index (χ3v) is 6.45. The Labute approximate surface area is 227 Å². The summed E-state index contributed by atoms with van der Waals surface area (Å²) < 4.78 is 47.3. The quantitative estimate of drug-likeness (QED) is 0.164. The lowest BCUT2D eigenvalue weighted by atomic mass is 9.91. The van der Waals surface area contributed by atoms with Crippen LogP contribution < -0.4 is 4.74 Å². The second kappa shape index (κ2) is 11.0. The van der Waals surface area contributed by atoms with Crippen molar-refractivity contribution in [1.29, 1.82) is 0 Å². The molecule has 1 aromatic heterocycles. The second-order valence-electron chi connectivity index (χ2n) is 9.17. The first-order chi connectivity index (χ1) is 19.2. The minimum absolute atomic E-state index is 0.0376. The number of ether oxygens (including phenoxy) is 1. The molecule has 0 bridgehead atoms. The highest BCUT2D eigenvalue weighted by Crippen LogP contribution is 2.39. The number of carbonyl (C=O) groups excluding carboxylic acids is 1. The monoisotopic (exact) mass is 541 g/mol. The number of rotatable bonds is 8. The Morgan fingerprint density at radius 1 is 0.825 bits per heavy atom. The number of hydrogen-bond donors (Lipinski definition) is 1. The molecule has 0 atom stereocenters. The number of fused-ring (bicyclic) bond motifs is 1. The molecule has 0 aliphatic heterocycles. The molecule has 1 N–H and O–H groups in total. The average Bonchev–Trinajstić information content (AvgIpc) is 2.95. The number of carboxylic acid groups (broad SMARTS) is 1. The van der Waals surface area contributed by atoms with E-state index in [2.05, 4.69) is 4.98 Å². The summed E-state index contributed by atoms with van der Waals surface area (Å²) in [6.45, 7) is 0.144. The van der Waals surface area contributed by atoms with E-state index in [0.29, 0.717) is 23.1 Å². The van der Waals surface area contributed by atoms with Gasteiger partial charge in [-0.25, -0.2) is 4.79 Å². The number of carboxylic acids is 1. The molecule has 0 radical (unpaired) electrons. The Morgan fingerprint density at radius 3 is 2.23 bits per heavy atom. The lowest BCUT2D eigenvalue weighted by Gasteiger charge is -2.17. The molecule has 40 heavy (non-hydrogen) atoms. The zero-order valence-electron chi connectivity index (χ0n) is 21.0. The zero-order chi connectivity index (χ0) is 28.3. The van der Waals surface area contributed by atoms with Gasteiger partial charge in [-0.3, -0.25) is 9.78 Å². The molecule has 0 saturated heterocycles. The molecule has 0 unspecified atom stereocenters. The summed E-state index contributed by atoms with van der Waals surface area (Å²) in [5.74, 6) is -2.12. The van der Waals surface area contributed by atoms with Crippen LogP contribution in [0.3, 0.4) is 0 Å². The van der Waals surface area contributed by atoms with E-state index >= 15 is 0 Å². The van der Waals surface area contributed by atoms with E-state index in [4.69, 9.17) is 9.84 Å². The maximum Gasteiger partial charge on any atom is 0.418 e. The number of halogens is 3. The van der Waals surface area contributed by atoms with E-state index in [-0.39, 0.29) is 17.7 Å². The van der Waals surface area contributed by atoms with Crippen molar-refractivity contribution in [2.45, 2.75) is 19.2 Å². The van der Waals surface area contributed by atoms with Gasteiger partial charge in [0.2, 0.25) is 0 Å². The number of para-hydroxylation sites is 1. The molecule has 5 aromatic rings. The van der Waals surface area contributed by atoms with Gasteiger partial charge in [-0.15, -0.1) is 0 Å². The highest BCUT2D eigenvalue weighted by molar-refractivity contribution is 6.39. The molecule has 0 fully saturated rings. The van der Waals surface area contributed by atoms with Gasteiger partial charge in [0.1, 0.15) is 12.4 Å². The van der Waals surface area contributed by atoms with Crippen molar-refractivity contribution < 1.29 is 32.6 Å². The highest BCUT2D eigenvalue weighted by Gasteiger charge is 2.33. The molecular formula is C32H22F3NO4. The summed E-state index contributed by atoms with van der Waals surface area (Å²) in [6, 6.07) is 26.9. The van der Waals surface area contributed by atoms with Gasteiger partial charge in [0.05, 0.1) is 11.1 Å². The van der Waals surface area contributed by atoms with Crippen LogP contribution in [-0.4, -0.2) is 21.8 Å². The molecular weight excluding hydrogens is 519 g/mol. The topological polar surface area (TPSA) is 76.5 Å². The molecule has 0 aliphatic carbocycles. The molecule has 1 heterocycles. The number of benzene rings is 4. The van der Waals surface area contributed by atoms with Gasteiger partial charge in [-0.05, 0) is 70.6 Å². The van der Waals surface area contributed by atoms with Gasteiger partial charge in [-0.1, -0.05) is 60.7 Å². The van der Waals surface area contributed by atoms with Gasteiger partial charge in [0.25, 0.3) is 5.78 Å². The van der Waals surface area contributed by atoms with Crippen molar-refractivity contribution in [3.63, 3.8) is 0 Å². The second-order valence-corrected chi connectivity index (χ2v) is 9.17. The molecule has 0 amide bonds. The summed E-state index contributed by atoms with van der Waals surface area (Å²) in [5.41, 5.74) is 3.08. The third kappa shape index (κ3) is 5.71. The normalized spacial score (nSPS) is 11.4. The van der Waals surface area contributed by atoms with Crippen molar-refractivity contribution in [1.82, 2.24) is 4.98 Å². The van der Waals surface area contributed by atoms with Crippen LogP contribution in [0.15, 0.2) is 103 Å². The van der Waals surface area contributed by atoms with Crippen LogP contribution in [-0.2, 0) is 24.0 Å². The van der Waals surface area contributed by atoms with Crippen molar-refractivity contribution in [3.8, 4) is 16.9 Å². The van der Waals surface area contributed by atoms with Crippen LogP contribution in [0.25, 0.3) is 22.0 Å². The van der Waals surface area contributed by atoms with E-state index in [1.165, 1.54) is 36.5 Å². The Balaban J connectivity index is 1.51. The van der Waals surface area contributed by atoms with Crippen molar-refractivity contribution >= 4 is 22.7 Å². The Hall–Kier alpha value is -4.98. The first kappa shape index (κ1) is 26.6. The number of pyridine rings is 1. The number of ketones is 1. The summed E-state index contributed by atoms with van der Waals surface area (Å²) in [6.07, 6.45) is -2.55. The van der Waals surface area contributed by atoms with Crippen molar-refractivity contribution in [2.24, 2.45) is 0 Å². The van der Waals surface area contributed by atoms with Crippen LogP contribution in [0.2, 0.25) is 0 Å². The number of nitrogens with zero attached hydrogens (tertiary/aromatic N) is 1. The molecule has 0 saturated carbocycles. The van der Waals surface area contributed by atoms with Gasteiger partial charge < -0.3 is 9.84 Å². The highest BCUT2D eigenvalue weighted by atomic mass is 19.4. The van der Waals surface area contributed by atoms with Crippen LogP contribution in [0, 0.1) is 0 Å². The maximum atomic E-state index is 13.8. The van der Waals surface area contributed by atoms with E-state index in [9.17, 15) is 22.8 Å². The lowest BCUT2D eigenvalue weighted by Crippen LogP contribution is -2.12. The molecule has 5 rings (SSSR count). The Morgan fingerprint density at radius 2 is 1.52 bits per heavy atom. The van der Waals surface area contributed by atoms with Gasteiger partial charge in [0.15, 0.2) is 0 Å². The fourth-order valence-corrected chi connectivity index (χ4v) is 4.59. The number of aliphatic carboxylic acids is 1. The van der Waals surface area contributed by atoms with Crippen LogP contribution in [0.1, 0.15) is 32.6 Å². The van der Waals surface area contributed by atoms with Gasteiger partial charge >= 0.3 is 12.1 Å². The summed E-state index contributed by atoms with van der Waals surface area (Å²) in [5, 5.41) is 9.26. The summed E-state index contributed by atoms with van der Waals surface area (Å²) >= 11 is 0. The standard InChI is InChI=1S/C32H22F3NO4/c33-32(34,35)27-11-5-10-26-28(24(18-36-29(26)27)16-20-6-2-1-3-7-20)23-9-4-8-21(17-23)19-40-25-14-12-22(13-15-25)30(37)31(38)39/h1-15,17-18H,16,19H2,(H,38,39). The predicted molar refractivity (Wildman–Crippen MR) is 144 cm³/mol. The van der Waals surface area contributed by atoms with E-state index in [1.807, 2.05) is 54.6 Å². The minimum Gasteiger partial charge on any atom is -0.489 e. The molecule has 0 aliphatic rings. The van der Waals surface area contributed by atoms with Gasteiger partial charge in [-0.2, -0.15) is 13.2 Å². The molecule has 5 nitrogen and oxygen atoms in total. The Bertz CT molecular complexity index is 1700. The first-order valence-electron chi connectivity index (χ1n) is 12.3. The predicted octanol–water partition coefficient (Wildman–Crippen LogP) is 7.36. The summed E-state index contributed by atoms with van der Waals surface area (Å²) in [4.78, 5) is 26.7. The van der Waals surface area contributed by atoms with Crippen LogP contribution in [0.5, 0.6) is 5.75 Å². The maximum absolute atomic E-state index is 13.8. The number of hydrogen-bond acceptors (Lipinski definition) is 4. The largest absolute Gasteiger partial charge is 0.489 e. The van der Waals surface area contributed by atoms with Crippen molar-refractivity contribution in [3.05, 3.63) is 131 Å². The number of alkyl halides is 3. The summed E-state index contributed by atoms with van der Waals surface area (Å²) in [7, 11) is 0. The van der Waals surface area contributed by atoms with Gasteiger partial charge in [0, 0.05) is 17.1 Å². The fourth-order valence-electron chi connectivity index (χ4n) is 4.59. The minimum atomic E-state index is -4.55. The van der Waals surface area contributed by atoms with E-state index in [0.717, 1.165) is 28.3 Å². The molecule has 8 heteroatoms. The number of Topliss-reactive ketones (excluding diaryl/α,β-unsaturated/α-hetero) is 1. The SMILES string of the molecule is O=C(O)C(=O)c1ccc(OCc2cccc(-c3c(Cc4ccccc4)cnc4c(C(F)(F)F)cccc34)c2)cc1. The van der Waals surface area contributed by atoms with Crippen LogP contribution in [0.4, 0.5) is 13.2 Å². The first-order valence-corrected chi connectivity index (χ1v) is 12.3. The lowest BCUT2D eigenvalue weighted by molar-refractivity contribution is -0.136. The number of carbonyl (C=O) groups is 2. The Kier molecular flexibility index (Phi) is 7.33. The average molecular weight is 542 g/mol. The zero-order valence-corrected chi connectivity index (χ0v) is 21.0. The van der Waals surface area contributed by atoms with E-state index < -0.39 is 23.5 Å². The molecule has 200 valence electrons. The number of aromatic nitrogens is 1. The fraction of sp³-hybridized carbons (Fsp3) is 0.0938.